The summed E-state index contributed by atoms with van der Waals surface area (Å²) in [6.45, 7) is -0.161. The number of carboxylic acid groups (broad SMARTS) is 2. The lowest BCUT2D eigenvalue weighted by Gasteiger charge is -1.96. The maximum atomic E-state index is 10.2. The number of benzene rings is 2. The van der Waals surface area contributed by atoms with Crippen molar-refractivity contribution in [1.82, 2.24) is 0 Å². The van der Waals surface area contributed by atoms with Gasteiger partial charge in [-0.25, -0.2) is 9.59 Å². The number of halogens is 1. The third kappa shape index (κ3) is 10.5. The second-order valence-electron chi connectivity index (χ2n) is 4.33. The van der Waals surface area contributed by atoms with E-state index < -0.39 is 18.0 Å². The van der Waals surface area contributed by atoms with Gasteiger partial charge in [0, 0.05) is 5.33 Å². The lowest BCUT2D eigenvalue weighted by Crippen LogP contribution is -2.12. The van der Waals surface area contributed by atoms with Gasteiger partial charge in [0.2, 0.25) is 0 Å². The first-order chi connectivity index (χ1) is 11.4. The fourth-order valence-corrected chi connectivity index (χ4v) is 1.42. The van der Waals surface area contributed by atoms with Crippen molar-refractivity contribution in [1.29, 1.82) is 0 Å². The minimum atomic E-state index is -0.879. The summed E-state index contributed by atoms with van der Waals surface area (Å²) >= 11 is 2.96. The molecule has 0 saturated carbocycles. The SMILES string of the molecule is O=C(O)c1ccccc1.O=C(O)c1ccccc1.OCC(O)CBr. The topological polar surface area (TPSA) is 115 Å². The third-order valence-corrected chi connectivity index (χ3v) is 3.18. The Morgan fingerprint density at radius 1 is 0.833 bits per heavy atom. The van der Waals surface area contributed by atoms with E-state index in [4.69, 9.17) is 20.4 Å². The van der Waals surface area contributed by atoms with Gasteiger partial charge in [-0.15, -0.1) is 0 Å². The molecule has 0 bridgehead atoms. The predicted octanol–water partition coefficient (Wildman–Crippen LogP) is 2.50. The summed E-state index contributed by atoms with van der Waals surface area (Å²) in [6, 6.07) is 16.6. The highest BCUT2D eigenvalue weighted by Gasteiger charge is 1.97. The van der Waals surface area contributed by atoms with Crippen LogP contribution in [0.2, 0.25) is 0 Å². The molecule has 0 saturated heterocycles. The fraction of sp³-hybridized carbons (Fsp3) is 0.176. The second kappa shape index (κ2) is 13.2. The number of aliphatic hydroxyl groups excluding tert-OH is 2. The van der Waals surface area contributed by atoms with Crippen LogP contribution in [0.15, 0.2) is 60.7 Å². The van der Waals surface area contributed by atoms with Gasteiger partial charge in [-0.3, -0.25) is 0 Å². The van der Waals surface area contributed by atoms with Gasteiger partial charge >= 0.3 is 11.9 Å². The molecule has 130 valence electrons. The van der Waals surface area contributed by atoms with Gasteiger partial charge in [0.25, 0.3) is 0 Å². The number of aliphatic hydroxyl groups is 2. The van der Waals surface area contributed by atoms with Gasteiger partial charge in [-0.1, -0.05) is 52.3 Å². The van der Waals surface area contributed by atoms with E-state index >= 15 is 0 Å². The average Bonchev–Trinajstić information content (AvgIpc) is 2.63. The number of hydrogen-bond acceptors (Lipinski definition) is 4. The van der Waals surface area contributed by atoms with Crippen molar-refractivity contribution in [3.05, 3.63) is 71.8 Å². The Bertz CT molecular complexity index is 535. The van der Waals surface area contributed by atoms with Crippen molar-refractivity contribution in [3.63, 3.8) is 0 Å². The molecule has 0 amide bonds. The molecule has 0 fully saturated rings. The van der Waals surface area contributed by atoms with Gasteiger partial charge < -0.3 is 20.4 Å². The molecular formula is C17H19BrO6. The van der Waals surface area contributed by atoms with Crippen LogP contribution >= 0.6 is 15.9 Å². The van der Waals surface area contributed by atoms with Gasteiger partial charge in [-0.2, -0.15) is 0 Å². The Hall–Kier alpha value is -2.22. The zero-order chi connectivity index (χ0) is 18.4. The highest BCUT2D eigenvalue weighted by atomic mass is 79.9. The molecular weight excluding hydrogens is 380 g/mol. The number of carboxylic acids is 2. The highest BCUT2D eigenvalue weighted by Crippen LogP contribution is 1.96. The summed E-state index contributed by atoms with van der Waals surface area (Å²) in [4.78, 5) is 20.4. The van der Waals surface area contributed by atoms with E-state index in [2.05, 4.69) is 15.9 Å². The molecule has 24 heavy (non-hydrogen) atoms. The van der Waals surface area contributed by atoms with E-state index in [0.29, 0.717) is 16.5 Å². The quantitative estimate of drug-likeness (QED) is 0.588. The molecule has 6 nitrogen and oxygen atoms in total. The van der Waals surface area contributed by atoms with Gasteiger partial charge in [0.05, 0.1) is 23.8 Å². The molecule has 2 aromatic carbocycles. The first-order valence-corrected chi connectivity index (χ1v) is 7.96. The van der Waals surface area contributed by atoms with Crippen molar-refractivity contribution in [2.45, 2.75) is 6.10 Å². The summed E-state index contributed by atoms with van der Waals surface area (Å²) in [6.07, 6.45) is -0.593. The normalized spacial score (nSPS) is 10.3. The van der Waals surface area contributed by atoms with E-state index in [0.717, 1.165) is 0 Å². The van der Waals surface area contributed by atoms with E-state index in [-0.39, 0.29) is 6.61 Å². The van der Waals surface area contributed by atoms with E-state index in [9.17, 15) is 9.59 Å². The number of rotatable bonds is 4. The lowest BCUT2D eigenvalue weighted by atomic mass is 10.2. The molecule has 2 aromatic rings. The largest absolute Gasteiger partial charge is 0.478 e. The van der Waals surface area contributed by atoms with Crippen LogP contribution in [0.3, 0.4) is 0 Å². The van der Waals surface area contributed by atoms with Gasteiger partial charge in [0.1, 0.15) is 0 Å². The number of alkyl halides is 1. The monoisotopic (exact) mass is 398 g/mol. The average molecular weight is 399 g/mol. The molecule has 0 aromatic heterocycles. The van der Waals surface area contributed by atoms with Crippen molar-refractivity contribution in [2.24, 2.45) is 0 Å². The second-order valence-corrected chi connectivity index (χ2v) is 4.98. The number of hydrogen-bond donors (Lipinski definition) is 4. The smallest absolute Gasteiger partial charge is 0.335 e. The van der Waals surface area contributed by atoms with Crippen LogP contribution in [0.1, 0.15) is 20.7 Å². The van der Waals surface area contributed by atoms with E-state index in [1.807, 2.05) is 0 Å². The lowest BCUT2D eigenvalue weighted by molar-refractivity contribution is 0.0686. The fourth-order valence-electron chi connectivity index (χ4n) is 1.21. The molecule has 0 heterocycles. The highest BCUT2D eigenvalue weighted by molar-refractivity contribution is 9.09. The summed E-state index contributed by atoms with van der Waals surface area (Å²) in [5, 5.41) is 33.6. The third-order valence-electron chi connectivity index (χ3n) is 2.43. The minimum Gasteiger partial charge on any atom is -0.478 e. The van der Waals surface area contributed by atoms with Crippen molar-refractivity contribution in [3.8, 4) is 0 Å². The molecule has 0 spiro atoms. The zero-order valence-corrected chi connectivity index (χ0v) is 14.3. The maximum absolute atomic E-state index is 10.2. The Kier molecular flexibility index (Phi) is 12.0. The van der Waals surface area contributed by atoms with Crippen LogP contribution < -0.4 is 0 Å². The Balaban J connectivity index is 0.000000340. The van der Waals surface area contributed by atoms with Crippen LogP contribution in [-0.4, -0.2) is 50.4 Å². The molecule has 4 N–H and O–H groups in total. The summed E-state index contributed by atoms with van der Waals surface area (Å²) in [5.41, 5.74) is 0.662. The van der Waals surface area contributed by atoms with Crippen molar-refractivity contribution in [2.75, 3.05) is 11.9 Å². The van der Waals surface area contributed by atoms with Crippen molar-refractivity contribution >= 4 is 27.9 Å². The van der Waals surface area contributed by atoms with Crippen LogP contribution in [0.25, 0.3) is 0 Å². The number of carbonyl (C=O) groups is 2. The van der Waals surface area contributed by atoms with E-state index in [1.165, 1.54) is 0 Å². The predicted molar refractivity (Wildman–Crippen MR) is 93.7 cm³/mol. The summed E-state index contributed by atoms with van der Waals surface area (Å²) < 4.78 is 0. The Morgan fingerprint density at radius 3 is 1.29 bits per heavy atom. The first-order valence-electron chi connectivity index (χ1n) is 6.84. The molecule has 0 radical (unpaired) electrons. The molecule has 0 aliphatic carbocycles. The van der Waals surface area contributed by atoms with E-state index in [1.54, 1.807) is 60.7 Å². The first kappa shape index (κ1) is 21.8. The van der Waals surface area contributed by atoms with Crippen LogP contribution in [-0.2, 0) is 0 Å². The molecule has 1 atom stereocenters. The van der Waals surface area contributed by atoms with Gasteiger partial charge in [-0.05, 0) is 24.3 Å². The molecule has 2 rings (SSSR count). The van der Waals surface area contributed by atoms with Crippen LogP contribution in [0.5, 0.6) is 0 Å². The van der Waals surface area contributed by atoms with Crippen molar-refractivity contribution < 1.29 is 30.0 Å². The Morgan fingerprint density at radius 2 is 1.17 bits per heavy atom. The molecule has 0 aliphatic heterocycles. The molecule has 1 unspecified atom stereocenters. The molecule has 7 heteroatoms. The summed E-state index contributed by atoms with van der Waals surface area (Å²) in [7, 11) is 0. The zero-order valence-electron chi connectivity index (χ0n) is 12.7. The van der Waals surface area contributed by atoms with Crippen LogP contribution in [0, 0.1) is 0 Å². The number of aromatic carboxylic acids is 2. The Labute approximate surface area is 148 Å². The van der Waals surface area contributed by atoms with Crippen LogP contribution in [0.4, 0.5) is 0 Å². The van der Waals surface area contributed by atoms with Gasteiger partial charge in [0.15, 0.2) is 0 Å². The molecule has 0 aliphatic rings. The maximum Gasteiger partial charge on any atom is 0.335 e. The summed E-state index contributed by atoms with van der Waals surface area (Å²) in [5.74, 6) is -1.76. The minimum absolute atomic E-state index is 0.161. The standard InChI is InChI=1S/2C7H6O2.C3H7BrO2/c2*8-7(9)6-4-2-1-3-5-6;4-1-3(6)2-5/h2*1-5H,(H,8,9);3,5-6H,1-2H2.